The SMILES string of the molecule is N#Cc1cn(Cc2ccc(F)cc2)nc1N=[N+]=[N-]. The van der Waals surface area contributed by atoms with E-state index in [1.807, 2.05) is 6.07 Å². The second-order valence-corrected chi connectivity index (χ2v) is 3.49. The molecule has 2 aromatic rings. The van der Waals surface area contributed by atoms with E-state index in [-0.39, 0.29) is 17.2 Å². The smallest absolute Gasteiger partial charge is 0.166 e. The number of benzene rings is 1. The summed E-state index contributed by atoms with van der Waals surface area (Å²) in [7, 11) is 0. The van der Waals surface area contributed by atoms with Gasteiger partial charge in [-0.3, -0.25) is 4.68 Å². The highest BCUT2D eigenvalue weighted by molar-refractivity contribution is 5.45. The molecule has 0 saturated heterocycles. The van der Waals surface area contributed by atoms with Crippen LogP contribution in [0.5, 0.6) is 0 Å². The zero-order valence-electron chi connectivity index (χ0n) is 9.16. The van der Waals surface area contributed by atoms with E-state index in [0.29, 0.717) is 6.54 Å². The van der Waals surface area contributed by atoms with Gasteiger partial charge in [0.25, 0.3) is 0 Å². The number of hydrogen-bond acceptors (Lipinski definition) is 3. The topological polar surface area (TPSA) is 90.4 Å². The van der Waals surface area contributed by atoms with Gasteiger partial charge in [-0.05, 0) is 28.3 Å². The number of nitrogens with zero attached hydrogens (tertiary/aromatic N) is 6. The Morgan fingerprint density at radius 2 is 2.17 bits per heavy atom. The largest absolute Gasteiger partial charge is 0.266 e. The van der Waals surface area contributed by atoms with Crippen molar-refractivity contribution < 1.29 is 4.39 Å². The Morgan fingerprint density at radius 3 is 2.78 bits per heavy atom. The van der Waals surface area contributed by atoms with Gasteiger partial charge in [0.1, 0.15) is 11.9 Å². The van der Waals surface area contributed by atoms with Crippen molar-refractivity contribution in [3.05, 3.63) is 57.8 Å². The van der Waals surface area contributed by atoms with Crippen molar-refractivity contribution in [2.24, 2.45) is 5.11 Å². The molecule has 0 aliphatic rings. The normalized spacial score (nSPS) is 9.56. The Morgan fingerprint density at radius 1 is 1.44 bits per heavy atom. The summed E-state index contributed by atoms with van der Waals surface area (Å²) in [5.74, 6) is -0.270. The number of hydrogen-bond donors (Lipinski definition) is 0. The molecule has 0 spiro atoms. The van der Waals surface area contributed by atoms with Gasteiger partial charge in [0.2, 0.25) is 0 Å². The summed E-state index contributed by atoms with van der Waals surface area (Å²) in [6.07, 6.45) is 1.48. The lowest BCUT2D eigenvalue weighted by Crippen LogP contribution is -1.99. The van der Waals surface area contributed by atoms with E-state index < -0.39 is 0 Å². The molecule has 1 aromatic heterocycles. The summed E-state index contributed by atoms with van der Waals surface area (Å²) in [5.41, 5.74) is 9.36. The molecule has 0 aliphatic carbocycles. The maximum atomic E-state index is 12.7. The predicted octanol–water partition coefficient (Wildman–Crippen LogP) is 2.88. The lowest BCUT2D eigenvalue weighted by Gasteiger charge is -2.00. The van der Waals surface area contributed by atoms with Crippen LogP contribution in [0.15, 0.2) is 35.6 Å². The van der Waals surface area contributed by atoms with E-state index in [4.69, 9.17) is 10.8 Å². The van der Waals surface area contributed by atoms with Gasteiger partial charge in [-0.15, -0.1) is 0 Å². The highest BCUT2D eigenvalue weighted by atomic mass is 19.1. The van der Waals surface area contributed by atoms with Gasteiger partial charge < -0.3 is 0 Å². The van der Waals surface area contributed by atoms with Gasteiger partial charge >= 0.3 is 0 Å². The van der Waals surface area contributed by atoms with Crippen LogP contribution in [0.2, 0.25) is 0 Å². The summed E-state index contributed by atoms with van der Waals surface area (Å²) >= 11 is 0. The van der Waals surface area contributed by atoms with Crippen molar-refractivity contribution in [1.82, 2.24) is 9.78 Å². The third-order valence-electron chi connectivity index (χ3n) is 2.26. The second-order valence-electron chi connectivity index (χ2n) is 3.49. The van der Waals surface area contributed by atoms with Gasteiger partial charge in [0.05, 0.1) is 12.1 Å². The van der Waals surface area contributed by atoms with Crippen molar-refractivity contribution in [1.29, 1.82) is 5.26 Å². The minimum atomic E-state index is -0.313. The van der Waals surface area contributed by atoms with Crippen molar-refractivity contribution in [3.63, 3.8) is 0 Å². The van der Waals surface area contributed by atoms with E-state index >= 15 is 0 Å². The van der Waals surface area contributed by atoms with Crippen molar-refractivity contribution in [2.45, 2.75) is 6.54 Å². The van der Waals surface area contributed by atoms with Crippen LogP contribution in [0.4, 0.5) is 10.2 Å². The van der Waals surface area contributed by atoms with Crippen LogP contribution in [-0.2, 0) is 6.54 Å². The molecule has 0 fully saturated rings. The molecule has 0 amide bonds. The first-order chi connectivity index (χ1) is 8.72. The maximum absolute atomic E-state index is 12.7. The molecule has 1 heterocycles. The van der Waals surface area contributed by atoms with E-state index in [0.717, 1.165) is 5.56 Å². The Labute approximate surface area is 102 Å². The summed E-state index contributed by atoms with van der Waals surface area (Å²) < 4.78 is 14.2. The van der Waals surface area contributed by atoms with Crippen molar-refractivity contribution in [2.75, 3.05) is 0 Å². The Bertz CT molecular complexity index is 645. The molecule has 7 heteroatoms. The maximum Gasteiger partial charge on any atom is 0.166 e. The molecule has 2 rings (SSSR count). The zero-order chi connectivity index (χ0) is 13.0. The number of nitriles is 1. The van der Waals surface area contributed by atoms with Crippen LogP contribution in [0, 0.1) is 17.1 Å². The van der Waals surface area contributed by atoms with Gasteiger partial charge in [-0.1, -0.05) is 12.1 Å². The third-order valence-corrected chi connectivity index (χ3v) is 2.26. The van der Waals surface area contributed by atoms with E-state index in [9.17, 15) is 4.39 Å². The lowest BCUT2D eigenvalue weighted by molar-refractivity contribution is 0.624. The van der Waals surface area contributed by atoms with Gasteiger partial charge in [-0.2, -0.15) is 10.4 Å². The van der Waals surface area contributed by atoms with Gasteiger partial charge in [-0.25, -0.2) is 4.39 Å². The lowest BCUT2D eigenvalue weighted by atomic mass is 10.2. The van der Waals surface area contributed by atoms with Crippen LogP contribution < -0.4 is 0 Å². The van der Waals surface area contributed by atoms with Crippen LogP contribution in [0.25, 0.3) is 10.4 Å². The average Bonchev–Trinajstić information content (AvgIpc) is 2.75. The quantitative estimate of drug-likeness (QED) is 0.470. The number of azide groups is 1. The first-order valence-electron chi connectivity index (χ1n) is 5.00. The molecule has 88 valence electrons. The fourth-order valence-electron chi connectivity index (χ4n) is 1.46. The van der Waals surface area contributed by atoms with Crippen LogP contribution in [0.3, 0.4) is 0 Å². The van der Waals surface area contributed by atoms with Crippen LogP contribution in [0.1, 0.15) is 11.1 Å². The molecular weight excluding hydrogens is 235 g/mol. The molecule has 1 aromatic carbocycles. The fraction of sp³-hybridized carbons (Fsp3) is 0.0909. The van der Waals surface area contributed by atoms with Crippen LogP contribution >= 0.6 is 0 Å². The molecule has 0 N–H and O–H groups in total. The monoisotopic (exact) mass is 242 g/mol. The second kappa shape index (κ2) is 4.99. The van der Waals surface area contributed by atoms with E-state index in [1.165, 1.54) is 23.0 Å². The van der Waals surface area contributed by atoms with Gasteiger partial charge in [0.15, 0.2) is 5.82 Å². The van der Waals surface area contributed by atoms with E-state index in [2.05, 4.69) is 15.1 Å². The minimum absolute atomic E-state index is 0.0436. The summed E-state index contributed by atoms with van der Waals surface area (Å²) in [6, 6.07) is 7.82. The van der Waals surface area contributed by atoms with Gasteiger partial charge in [0, 0.05) is 11.1 Å². The fourth-order valence-corrected chi connectivity index (χ4v) is 1.46. The standard InChI is InChI=1S/C11H7FN6/c12-10-3-1-8(2-4-10)6-18-7-9(5-13)11(16-18)15-17-14/h1-4,7H,6H2. The molecule has 0 unspecified atom stereocenters. The number of halogens is 1. The number of rotatable bonds is 3. The molecule has 0 atom stereocenters. The predicted molar refractivity (Wildman–Crippen MR) is 61.3 cm³/mol. The molecule has 0 saturated carbocycles. The van der Waals surface area contributed by atoms with Crippen LogP contribution in [-0.4, -0.2) is 9.78 Å². The molecule has 0 aliphatic heterocycles. The molecule has 6 nitrogen and oxygen atoms in total. The highest BCUT2D eigenvalue weighted by Gasteiger charge is 2.06. The Hall–Kier alpha value is -2.84. The number of aromatic nitrogens is 2. The van der Waals surface area contributed by atoms with Crippen molar-refractivity contribution in [3.8, 4) is 6.07 Å². The average molecular weight is 242 g/mol. The molecule has 0 bridgehead atoms. The molecular formula is C11H7FN6. The van der Waals surface area contributed by atoms with Crippen molar-refractivity contribution >= 4 is 5.82 Å². The summed E-state index contributed by atoms with van der Waals surface area (Å²) in [4.78, 5) is 2.59. The minimum Gasteiger partial charge on any atom is -0.266 e. The Balaban J connectivity index is 2.27. The first kappa shape index (κ1) is 11.6. The molecule has 18 heavy (non-hydrogen) atoms. The van der Waals surface area contributed by atoms with E-state index in [1.54, 1.807) is 12.1 Å². The first-order valence-corrected chi connectivity index (χ1v) is 5.00. The highest BCUT2D eigenvalue weighted by Crippen LogP contribution is 2.16. The third kappa shape index (κ3) is 2.45. The Kier molecular flexibility index (Phi) is 3.23. The summed E-state index contributed by atoms with van der Waals surface area (Å²) in [5, 5.41) is 16.1. The molecule has 0 radical (unpaired) electrons. The summed E-state index contributed by atoms with van der Waals surface area (Å²) in [6.45, 7) is 0.371. The zero-order valence-corrected chi connectivity index (χ0v) is 9.16.